The van der Waals surface area contributed by atoms with E-state index in [2.05, 4.69) is 15.0 Å². The van der Waals surface area contributed by atoms with E-state index in [0.717, 1.165) is 18.7 Å². The van der Waals surface area contributed by atoms with Gasteiger partial charge in [-0.3, -0.25) is 13.8 Å². The number of hydrogen-bond acceptors (Lipinski definition) is 7. The van der Waals surface area contributed by atoms with Crippen molar-refractivity contribution in [2.24, 2.45) is 0 Å². The summed E-state index contributed by atoms with van der Waals surface area (Å²) in [6.07, 6.45) is -2.22. The molecule has 1 fully saturated rings. The normalized spacial score (nSPS) is 18.4. The van der Waals surface area contributed by atoms with Gasteiger partial charge in [-0.1, -0.05) is 0 Å². The summed E-state index contributed by atoms with van der Waals surface area (Å²) in [5, 5.41) is 11.7. The van der Waals surface area contributed by atoms with Crippen LogP contribution in [0, 0.1) is 0 Å². The molecule has 1 amide bonds. The van der Waals surface area contributed by atoms with Gasteiger partial charge in [0.15, 0.2) is 5.82 Å². The fourth-order valence-electron chi connectivity index (χ4n) is 3.98. The lowest BCUT2D eigenvalue weighted by molar-refractivity contribution is -0.192. The molecule has 0 aliphatic carbocycles. The molecule has 37 heavy (non-hydrogen) atoms. The molecule has 0 bridgehead atoms. The zero-order chi connectivity index (χ0) is 27.7. The number of sulfonamides is 1. The van der Waals surface area contributed by atoms with Gasteiger partial charge in [-0.05, 0) is 44.7 Å². The molecule has 0 saturated carbocycles. The van der Waals surface area contributed by atoms with Crippen molar-refractivity contribution in [3.63, 3.8) is 0 Å². The Bertz CT molecular complexity index is 1260. The molecule has 1 N–H and O–H groups in total. The lowest BCUT2D eigenvalue weighted by atomic mass is 9.98. The number of nitrogens with zero attached hydrogens (tertiary/aromatic N) is 6. The highest BCUT2D eigenvalue weighted by Crippen LogP contribution is 2.41. The molecule has 1 saturated heterocycles. The van der Waals surface area contributed by atoms with Crippen molar-refractivity contribution in [3.05, 3.63) is 41.5 Å². The van der Waals surface area contributed by atoms with E-state index >= 15 is 0 Å². The Morgan fingerprint density at radius 2 is 1.73 bits per heavy atom. The molecule has 1 unspecified atom stereocenters. The molecular weight excluding hydrogens is 517 g/mol. The molecule has 15 heteroatoms. The Kier molecular flexibility index (Phi) is 8.17. The first-order chi connectivity index (χ1) is 17.1. The second-order valence-corrected chi connectivity index (χ2v) is 11.1. The van der Waals surface area contributed by atoms with Gasteiger partial charge in [-0.25, -0.2) is 18.2 Å². The number of piperazine rings is 1. The topological polar surface area (TPSA) is 129 Å². The fourth-order valence-corrected chi connectivity index (χ4v) is 4.92. The molecule has 1 aromatic heterocycles. The van der Waals surface area contributed by atoms with Crippen molar-refractivity contribution in [1.82, 2.24) is 24.6 Å². The summed E-state index contributed by atoms with van der Waals surface area (Å²) >= 11 is 0. The second-order valence-electron chi connectivity index (χ2n) is 9.20. The van der Waals surface area contributed by atoms with Crippen LogP contribution in [-0.2, 0) is 14.8 Å². The number of aromatic nitrogens is 3. The molecule has 3 heterocycles. The van der Waals surface area contributed by atoms with Crippen LogP contribution < -0.4 is 4.31 Å². The Labute approximate surface area is 212 Å². The van der Waals surface area contributed by atoms with Crippen molar-refractivity contribution in [3.8, 4) is 0 Å². The Balaban J connectivity index is 0.000000479. The van der Waals surface area contributed by atoms with Crippen LogP contribution in [0.3, 0.4) is 0 Å². The summed E-state index contributed by atoms with van der Waals surface area (Å²) in [5.41, 5.74) is 1.95. The average molecular weight is 547 g/mol. The van der Waals surface area contributed by atoms with Crippen LogP contribution in [0.5, 0.6) is 0 Å². The first-order valence-electron chi connectivity index (χ1n) is 11.4. The van der Waals surface area contributed by atoms with Gasteiger partial charge in [0.05, 0.1) is 17.9 Å². The summed E-state index contributed by atoms with van der Waals surface area (Å²) in [5.74, 6) is -2.52. The number of carboxylic acids is 1. The number of fused-ring (bicyclic) bond motifs is 1. The minimum Gasteiger partial charge on any atom is -0.475 e. The number of rotatable bonds is 4. The average Bonchev–Trinajstić information content (AvgIpc) is 3.43. The predicted molar refractivity (Wildman–Crippen MR) is 128 cm³/mol. The van der Waals surface area contributed by atoms with Crippen molar-refractivity contribution in [2.45, 2.75) is 32.0 Å². The largest absolute Gasteiger partial charge is 0.490 e. The van der Waals surface area contributed by atoms with E-state index in [0.29, 0.717) is 30.2 Å². The summed E-state index contributed by atoms with van der Waals surface area (Å²) in [4.78, 5) is 30.4. The minimum absolute atomic E-state index is 0.0249. The van der Waals surface area contributed by atoms with E-state index in [1.807, 2.05) is 31.9 Å². The highest BCUT2D eigenvalue weighted by atomic mass is 32.2. The van der Waals surface area contributed by atoms with Crippen molar-refractivity contribution in [2.75, 3.05) is 50.3 Å². The lowest BCUT2D eigenvalue weighted by Gasteiger charge is -2.32. The maximum atomic E-state index is 13.1. The summed E-state index contributed by atoms with van der Waals surface area (Å²) in [6, 6.07) is 5.43. The monoisotopic (exact) mass is 546 g/mol. The van der Waals surface area contributed by atoms with Crippen LogP contribution in [0.2, 0.25) is 0 Å². The Morgan fingerprint density at radius 3 is 2.22 bits per heavy atom. The SMILES string of the molecule is CC(C)n1cnc(C2CN(S(C)(=O)=O)c3ccc(C(=O)N4CCN(C)CC4)cc32)n1.O=C(O)C(F)(F)F. The van der Waals surface area contributed by atoms with E-state index in [1.165, 1.54) is 10.6 Å². The third-order valence-corrected chi connectivity index (χ3v) is 7.21. The van der Waals surface area contributed by atoms with Crippen molar-refractivity contribution in [1.29, 1.82) is 0 Å². The van der Waals surface area contributed by atoms with Crippen LogP contribution >= 0.6 is 0 Å². The van der Waals surface area contributed by atoms with Crippen molar-refractivity contribution < 1.29 is 36.3 Å². The molecule has 11 nitrogen and oxygen atoms in total. The quantitative estimate of drug-likeness (QED) is 0.615. The Morgan fingerprint density at radius 1 is 1.14 bits per heavy atom. The lowest BCUT2D eigenvalue weighted by Crippen LogP contribution is -2.47. The van der Waals surface area contributed by atoms with E-state index in [4.69, 9.17) is 9.90 Å². The Hall–Kier alpha value is -3.20. The van der Waals surface area contributed by atoms with Crippen LogP contribution in [0.15, 0.2) is 24.5 Å². The molecule has 1 atom stereocenters. The molecule has 0 spiro atoms. The smallest absolute Gasteiger partial charge is 0.475 e. The first-order valence-corrected chi connectivity index (χ1v) is 13.2. The highest BCUT2D eigenvalue weighted by Gasteiger charge is 2.39. The molecular formula is C22H29F3N6O5S. The zero-order valence-electron chi connectivity index (χ0n) is 20.8. The maximum Gasteiger partial charge on any atom is 0.490 e. The number of anilines is 1. The highest BCUT2D eigenvalue weighted by molar-refractivity contribution is 7.92. The minimum atomic E-state index is -5.08. The number of hydrogen-bond donors (Lipinski definition) is 1. The van der Waals surface area contributed by atoms with E-state index < -0.39 is 22.2 Å². The van der Waals surface area contributed by atoms with Crippen molar-refractivity contribution >= 4 is 27.6 Å². The van der Waals surface area contributed by atoms with Gasteiger partial charge < -0.3 is 14.9 Å². The van der Waals surface area contributed by atoms with Crippen LogP contribution in [-0.4, -0.2) is 102 Å². The fraction of sp³-hybridized carbons (Fsp3) is 0.545. The molecule has 204 valence electrons. The number of benzene rings is 1. The zero-order valence-corrected chi connectivity index (χ0v) is 21.6. The van der Waals surface area contributed by atoms with Gasteiger partial charge in [0, 0.05) is 44.3 Å². The number of amides is 1. The molecule has 0 radical (unpaired) electrons. The van der Waals surface area contributed by atoms with E-state index in [-0.39, 0.29) is 24.4 Å². The molecule has 2 aliphatic heterocycles. The van der Waals surface area contributed by atoms with Crippen LogP contribution in [0.1, 0.15) is 47.6 Å². The summed E-state index contributed by atoms with van der Waals surface area (Å²) < 4.78 is 59.6. The van der Waals surface area contributed by atoms with Gasteiger partial charge in [-0.15, -0.1) is 0 Å². The number of likely N-dealkylation sites (N-methyl/N-ethyl adjacent to an activating group) is 1. The number of halogens is 3. The number of alkyl halides is 3. The second kappa shape index (κ2) is 10.7. The van der Waals surface area contributed by atoms with Gasteiger partial charge in [0.25, 0.3) is 5.91 Å². The molecule has 4 rings (SSSR count). The maximum absolute atomic E-state index is 13.1. The van der Waals surface area contributed by atoms with Crippen LogP contribution in [0.4, 0.5) is 18.9 Å². The molecule has 2 aromatic rings. The number of carbonyl (C=O) groups excluding carboxylic acids is 1. The van der Waals surface area contributed by atoms with E-state index in [9.17, 15) is 26.4 Å². The third-order valence-electron chi connectivity index (χ3n) is 6.07. The predicted octanol–water partition coefficient (Wildman–Crippen LogP) is 1.79. The van der Waals surface area contributed by atoms with Crippen LogP contribution in [0.25, 0.3) is 0 Å². The number of carboxylic acid groups (broad SMARTS) is 1. The van der Waals surface area contributed by atoms with Gasteiger partial charge >= 0.3 is 12.1 Å². The van der Waals surface area contributed by atoms with Gasteiger partial charge in [-0.2, -0.15) is 18.3 Å². The number of aliphatic carboxylic acids is 1. The van der Waals surface area contributed by atoms with Gasteiger partial charge in [0.2, 0.25) is 10.0 Å². The summed E-state index contributed by atoms with van der Waals surface area (Å²) in [7, 11) is -1.41. The first kappa shape index (κ1) is 28.4. The van der Waals surface area contributed by atoms with Gasteiger partial charge in [0.1, 0.15) is 6.33 Å². The summed E-state index contributed by atoms with van der Waals surface area (Å²) in [6.45, 7) is 7.32. The molecule has 2 aliphatic rings. The number of carbonyl (C=O) groups is 2. The third kappa shape index (κ3) is 6.57. The molecule has 1 aromatic carbocycles. The standard InChI is InChI=1S/C20H28N6O3S.C2HF3O2/c1-14(2)25-13-21-19(22-25)17-12-26(30(4,28)29)18-6-5-15(11-16(17)18)20(27)24-9-7-23(3)8-10-24;3-2(4,5)1(6)7/h5-6,11,13-14,17H,7-10,12H2,1-4H3;(H,6,7). The van der Waals surface area contributed by atoms with E-state index in [1.54, 1.807) is 23.1 Å².